The highest BCUT2D eigenvalue weighted by atomic mass is 16.5. The zero-order valence-electron chi connectivity index (χ0n) is 10.7. The number of aliphatic hydroxyl groups is 1. The lowest BCUT2D eigenvalue weighted by atomic mass is 9.83. The Labute approximate surface area is 98.4 Å². The third kappa shape index (κ3) is 5.47. The predicted octanol–water partition coefficient (Wildman–Crippen LogP) is 1.33. The third-order valence-corrected chi connectivity index (χ3v) is 3.17. The number of hydrogen-bond donors (Lipinski definition) is 2. The SMILES string of the molecule is CCOCCC(=O)NCC(CC)(CC)CO. The Morgan fingerprint density at radius 3 is 2.38 bits per heavy atom. The Morgan fingerprint density at radius 2 is 1.94 bits per heavy atom. The summed E-state index contributed by atoms with van der Waals surface area (Å²) in [5.74, 6) is -0.00632. The minimum Gasteiger partial charge on any atom is -0.396 e. The van der Waals surface area contributed by atoms with E-state index in [9.17, 15) is 9.90 Å². The summed E-state index contributed by atoms with van der Waals surface area (Å²) in [7, 11) is 0. The summed E-state index contributed by atoms with van der Waals surface area (Å²) in [4.78, 5) is 11.4. The van der Waals surface area contributed by atoms with Crippen molar-refractivity contribution in [3.05, 3.63) is 0 Å². The molecule has 0 rings (SSSR count). The zero-order chi connectivity index (χ0) is 12.4. The molecule has 0 aliphatic heterocycles. The van der Waals surface area contributed by atoms with Gasteiger partial charge in [0.25, 0.3) is 0 Å². The highest BCUT2D eigenvalue weighted by Crippen LogP contribution is 2.24. The van der Waals surface area contributed by atoms with Crippen LogP contribution in [0.5, 0.6) is 0 Å². The number of amides is 1. The summed E-state index contributed by atoms with van der Waals surface area (Å²) in [6.45, 7) is 7.73. The minimum atomic E-state index is -0.165. The molecule has 0 atom stereocenters. The van der Waals surface area contributed by atoms with Gasteiger partial charge in [-0.2, -0.15) is 0 Å². The van der Waals surface area contributed by atoms with Crippen LogP contribution in [0.3, 0.4) is 0 Å². The van der Waals surface area contributed by atoms with Gasteiger partial charge in [0.05, 0.1) is 13.2 Å². The van der Waals surface area contributed by atoms with Crippen molar-refractivity contribution < 1.29 is 14.6 Å². The lowest BCUT2D eigenvalue weighted by Crippen LogP contribution is -2.39. The molecule has 0 unspecified atom stereocenters. The van der Waals surface area contributed by atoms with Gasteiger partial charge in [0.2, 0.25) is 5.91 Å². The quantitative estimate of drug-likeness (QED) is 0.589. The lowest BCUT2D eigenvalue weighted by molar-refractivity contribution is -0.122. The fourth-order valence-electron chi connectivity index (χ4n) is 1.46. The van der Waals surface area contributed by atoms with Crippen LogP contribution in [0, 0.1) is 5.41 Å². The topological polar surface area (TPSA) is 58.6 Å². The number of nitrogens with one attached hydrogen (secondary N) is 1. The highest BCUT2D eigenvalue weighted by molar-refractivity contribution is 5.75. The molecule has 96 valence electrons. The summed E-state index contributed by atoms with van der Waals surface area (Å²) < 4.78 is 5.10. The molecule has 0 aromatic carbocycles. The summed E-state index contributed by atoms with van der Waals surface area (Å²) in [6.07, 6.45) is 2.13. The second kappa shape index (κ2) is 8.53. The molecule has 0 bridgehead atoms. The minimum absolute atomic E-state index is 0.00632. The summed E-state index contributed by atoms with van der Waals surface area (Å²) >= 11 is 0. The first kappa shape index (κ1) is 15.4. The lowest BCUT2D eigenvalue weighted by Gasteiger charge is -2.29. The van der Waals surface area contributed by atoms with Crippen LogP contribution in [-0.2, 0) is 9.53 Å². The molecule has 4 heteroatoms. The molecule has 0 aliphatic carbocycles. The normalized spacial score (nSPS) is 11.5. The molecule has 16 heavy (non-hydrogen) atoms. The van der Waals surface area contributed by atoms with Crippen molar-refractivity contribution in [2.24, 2.45) is 5.41 Å². The van der Waals surface area contributed by atoms with Crippen LogP contribution >= 0.6 is 0 Å². The van der Waals surface area contributed by atoms with Gasteiger partial charge in [0.1, 0.15) is 0 Å². The monoisotopic (exact) mass is 231 g/mol. The molecule has 0 heterocycles. The van der Waals surface area contributed by atoms with Crippen molar-refractivity contribution in [3.8, 4) is 0 Å². The molecular formula is C12H25NO3. The van der Waals surface area contributed by atoms with Crippen molar-refractivity contribution in [1.29, 1.82) is 0 Å². The van der Waals surface area contributed by atoms with E-state index in [0.29, 0.717) is 26.2 Å². The van der Waals surface area contributed by atoms with Gasteiger partial charge >= 0.3 is 0 Å². The predicted molar refractivity (Wildman–Crippen MR) is 64.2 cm³/mol. The molecule has 1 amide bonds. The molecule has 4 nitrogen and oxygen atoms in total. The van der Waals surface area contributed by atoms with E-state index in [1.54, 1.807) is 0 Å². The molecule has 0 aromatic heterocycles. The number of carbonyl (C=O) groups is 1. The fraction of sp³-hybridized carbons (Fsp3) is 0.917. The molecule has 0 fully saturated rings. The average molecular weight is 231 g/mol. The summed E-state index contributed by atoms with van der Waals surface area (Å²) in [5.41, 5.74) is -0.165. The second-order valence-electron chi connectivity index (χ2n) is 4.09. The van der Waals surface area contributed by atoms with Gasteiger partial charge in [-0.25, -0.2) is 0 Å². The highest BCUT2D eigenvalue weighted by Gasteiger charge is 2.25. The van der Waals surface area contributed by atoms with Gasteiger partial charge in [-0.15, -0.1) is 0 Å². The van der Waals surface area contributed by atoms with Gasteiger partial charge in [-0.05, 0) is 19.8 Å². The van der Waals surface area contributed by atoms with Crippen molar-refractivity contribution >= 4 is 5.91 Å². The van der Waals surface area contributed by atoms with Crippen LogP contribution in [0.1, 0.15) is 40.0 Å². The third-order valence-electron chi connectivity index (χ3n) is 3.17. The van der Waals surface area contributed by atoms with E-state index < -0.39 is 0 Å². The van der Waals surface area contributed by atoms with E-state index in [1.165, 1.54) is 0 Å². The Hall–Kier alpha value is -0.610. The van der Waals surface area contributed by atoms with E-state index in [0.717, 1.165) is 12.8 Å². The maximum Gasteiger partial charge on any atom is 0.222 e. The number of hydrogen-bond acceptors (Lipinski definition) is 3. The first-order valence-corrected chi connectivity index (χ1v) is 6.09. The fourth-order valence-corrected chi connectivity index (χ4v) is 1.46. The standard InChI is InChI=1S/C12H25NO3/c1-4-12(5-2,10-14)9-13-11(15)7-8-16-6-3/h14H,4-10H2,1-3H3,(H,13,15). The molecule has 0 aromatic rings. The van der Waals surface area contributed by atoms with Crippen molar-refractivity contribution in [3.63, 3.8) is 0 Å². The molecular weight excluding hydrogens is 206 g/mol. The molecule has 0 radical (unpaired) electrons. The molecule has 0 aliphatic rings. The Balaban J connectivity index is 3.87. The number of rotatable bonds is 9. The van der Waals surface area contributed by atoms with Gasteiger partial charge in [0, 0.05) is 25.0 Å². The second-order valence-corrected chi connectivity index (χ2v) is 4.09. The van der Waals surface area contributed by atoms with Crippen LogP contribution < -0.4 is 5.32 Å². The maximum absolute atomic E-state index is 11.4. The van der Waals surface area contributed by atoms with Gasteiger partial charge in [-0.3, -0.25) is 4.79 Å². The molecule has 2 N–H and O–H groups in total. The molecule has 0 spiro atoms. The van der Waals surface area contributed by atoms with Crippen LogP contribution in [0.4, 0.5) is 0 Å². The maximum atomic E-state index is 11.4. The van der Waals surface area contributed by atoms with E-state index in [4.69, 9.17) is 4.74 Å². The number of aliphatic hydroxyl groups excluding tert-OH is 1. The van der Waals surface area contributed by atoms with Crippen molar-refractivity contribution in [1.82, 2.24) is 5.32 Å². The smallest absolute Gasteiger partial charge is 0.222 e. The van der Waals surface area contributed by atoms with Crippen molar-refractivity contribution in [2.45, 2.75) is 40.0 Å². The average Bonchev–Trinajstić information content (AvgIpc) is 2.32. The summed E-state index contributed by atoms with van der Waals surface area (Å²) in [5, 5.41) is 12.2. The van der Waals surface area contributed by atoms with Crippen LogP contribution in [0.25, 0.3) is 0 Å². The Kier molecular flexibility index (Phi) is 8.21. The molecule has 0 saturated carbocycles. The van der Waals surface area contributed by atoms with Gasteiger partial charge < -0.3 is 15.2 Å². The van der Waals surface area contributed by atoms with Crippen molar-refractivity contribution in [2.75, 3.05) is 26.4 Å². The van der Waals surface area contributed by atoms with E-state index in [2.05, 4.69) is 5.32 Å². The van der Waals surface area contributed by atoms with E-state index >= 15 is 0 Å². The number of ether oxygens (including phenoxy) is 1. The summed E-state index contributed by atoms with van der Waals surface area (Å²) in [6, 6.07) is 0. The molecule has 0 saturated heterocycles. The van der Waals surface area contributed by atoms with Gasteiger partial charge in [0.15, 0.2) is 0 Å². The first-order chi connectivity index (χ1) is 7.64. The van der Waals surface area contributed by atoms with Crippen LogP contribution in [0.15, 0.2) is 0 Å². The zero-order valence-corrected chi connectivity index (χ0v) is 10.7. The van der Waals surface area contributed by atoms with E-state index in [-0.39, 0.29) is 17.9 Å². The Morgan fingerprint density at radius 1 is 1.31 bits per heavy atom. The number of carbonyl (C=O) groups excluding carboxylic acids is 1. The first-order valence-electron chi connectivity index (χ1n) is 6.09. The van der Waals surface area contributed by atoms with E-state index in [1.807, 2.05) is 20.8 Å². The Bertz CT molecular complexity index is 182. The van der Waals surface area contributed by atoms with Crippen LogP contribution in [0.2, 0.25) is 0 Å². The van der Waals surface area contributed by atoms with Gasteiger partial charge in [-0.1, -0.05) is 13.8 Å². The largest absolute Gasteiger partial charge is 0.396 e. The van der Waals surface area contributed by atoms with Crippen LogP contribution in [-0.4, -0.2) is 37.4 Å².